The van der Waals surface area contributed by atoms with Gasteiger partial charge in [0.1, 0.15) is 17.1 Å². The number of hydrogen-bond donors (Lipinski definition) is 1. The summed E-state index contributed by atoms with van der Waals surface area (Å²) in [6, 6.07) is 7.70. The maximum absolute atomic E-state index is 14.4. The van der Waals surface area contributed by atoms with Crippen molar-refractivity contribution >= 4 is 17.4 Å². The van der Waals surface area contributed by atoms with Crippen molar-refractivity contribution in [3.63, 3.8) is 0 Å². The van der Waals surface area contributed by atoms with Crippen molar-refractivity contribution in [2.75, 3.05) is 32.6 Å². The van der Waals surface area contributed by atoms with E-state index in [1.807, 2.05) is 31.2 Å². The standard InChI is InChI=1S/C22H26N2O4/c1-4-13-12-24-10-9-14(13)22(20(26)28-3)17(24)11-21(18(22)25)15-7-5-6-8-16(15)23-19(21)27-2/h4-8,14,17,19,23H,9-12H2,1-3H3/t14-,17-,19-,21+,22+/m0/s1. The molecule has 6 rings (SSSR count). The molecule has 6 heteroatoms. The number of piperidine rings is 3. The van der Waals surface area contributed by atoms with Crippen LogP contribution in [-0.2, 0) is 24.5 Å². The molecule has 1 spiro atoms. The molecule has 2 bridgehead atoms. The van der Waals surface area contributed by atoms with Crippen molar-refractivity contribution < 1.29 is 19.1 Å². The molecule has 4 fully saturated rings. The van der Waals surface area contributed by atoms with Crippen LogP contribution in [-0.4, -0.2) is 56.2 Å². The number of ketones is 1. The number of methoxy groups -OCH3 is 2. The molecule has 6 atom stereocenters. The van der Waals surface area contributed by atoms with Gasteiger partial charge in [-0.1, -0.05) is 29.8 Å². The largest absolute Gasteiger partial charge is 0.468 e. The fourth-order valence-electron chi connectivity index (χ4n) is 6.53. The van der Waals surface area contributed by atoms with Gasteiger partial charge in [0, 0.05) is 31.3 Å². The van der Waals surface area contributed by atoms with Gasteiger partial charge in [-0.2, -0.15) is 0 Å². The Labute approximate surface area is 164 Å². The van der Waals surface area contributed by atoms with Crippen LogP contribution in [0.2, 0.25) is 0 Å². The minimum Gasteiger partial charge on any atom is -0.468 e. The summed E-state index contributed by atoms with van der Waals surface area (Å²) < 4.78 is 11.1. The number of nitrogens with one attached hydrogen (secondary N) is 1. The van der Waals surface area contributed by atoms with Gasteiger partial charge in [-0.25, -0.2) is 0 Å². The summed E-state index contributed by atoms with van der Waals surface area (Å²) in [5.41, 5.74) is 0.977. The second kappa shape index (κ2) is 5.91. The minimum absolute atomic E-state index is 0.0464. The van der Waals surface area contributed by atoms with Gasteiger partial charge < -0.3 is 14.8 Å². The van der Waals surface area contributed by atoms with Crippen molar-refractivity contribution in [3.05, 3.63) is 41.5 Å². The number of carbonyl (C=O) groups is 2. The second-order valence-electron chi connectivity index (χ2n) is 8.36. The first-order chi connectivity index (χ1) is 13.5. The monoisotopic (exact) mass is 382 g/mol. The average molecular weight is 382 g/mol. The highest BCUT2D eigenvalue weighted by molar-refractivity contribution is 6.14. The van der Waals surface area contributed by atoms with Gasteiger partial charge in [0.05, 0.1) is 7.11 Å². The van der Waals surface area contributed by atoms with Crippen molar-refractivity contribution in [3.8, 4) is 0 Å². The number of anilines is 1. The zero-order chi connectivity index (χ0) is 19.7. The molecule has 1 N–H and O–H groups in total. The molecule has 0 aromatic heterocycles. The van der Waals surface area contributed by atoms with Crippen molar-refractivity contribution in [1.82, 2.24) is 4.90 Å². The van der Waals surface area contributed by atoms with Crippen LogP contribution >= 0.6 is 0 Å². The highest BCUT2D eigenvalue weighted by Gasteiger charge is 2.77. The van der Waals surface area contributed by atoms with E-state index in [1.165, 1.54) is 12.7 Å². The van der Waals surface area contributed by atoms with Crippen LogP contribution in [0.4, 0.5) is 5.69 Å². The third kappa shape index (κ3) is 1.81. The number of fused-ring (bicyclic) bond motifs is 4. The van der Waals surface area contributed by atoms with Crippen molar-refractivity contribution in [1.29, 1.82) is 0 Å². The predicted octanol–water partition coefficient (Wildman–Crippen LogP) is 2.10. The number of Topliss-reactive ketones (excluding diaryl/α,β-unsaturated/α-hetero) is 1. The summed E-state index contributed by atoms with van der Waals surface area (Å²) in [4.78, 5) is 30.0. The lowest BCUT2D eigenvalue weighted by Crippen LogP contribution is -2.66. The van der Waals surface area contributed by atoms with E-state index in [0.717, 1.165) is 30.8 Å². The molecular formula is C22H26N2O4. The van der Waals surface area contributed by atoms with E-state index in [9.17, 15) is 9.59 Å². The molecule has 1 unspecified atom stereocenters. The number of nitrogens with zero attached hydrogens (tertiary/aromatic N) is 1. The van der Waals surface area contributed by atoms with Crippen LogP contribution in [0.25, 0.3) is 0 Å². The molecule has 4 heterocycles. The fourth-order valence-corrected chi connectivity index (χ4v) is 6.53. The predicted molar refractivity (Wildman–Crippen MR) is 104 cm³/mol. The van der Waals surface area contributed by atoms with Gasteiger partial charge in [-0.15, -0.1) is 0 Å². The first-order valence-corrected chi connectivity index (χ1v) is 9.97. The first kappa shape index (κ1) is 17.9. The SMILES string of the molecule is CC=C1CN2CC[C@@H]1[C@]1(C(=O)OC)C(=O)[C@@]3(C[C@H]21)c1ccccc1N[C@H]3OC. The summed E-state index contributed by atoms with van der Waals surface area (Å²) in [5, 5.41) is 3.38. The number of ether oxygens (including phenoxy) is 2. The number of carbonyl (C=O) groups excluding carboxylic acids is 2. The number of allylic oxidation sites excluding steroid dienone is 1. The third-order valence-corrected chi connectivity index (χ3v) is 7.62. The van der Waals surface area contributed by atoms with Gasteiger partial charge in [0.25, 0.3) is 0 Å². The Kier molecular flexibility index (Phi) is 3.77. The molecule has 148 valence electrons. The van der Waals surface area contributed by atoms with Crippen LogP contribution in [0.1, 0.15) is 25.3 Å². The van der Waals surface area contributed by atoms with Crippen LogP contribution in [0.5, 0.6) is 0 Å². The molecule has 1 aromatic carbocycles. The molecule has 1 saturated carbocycles. The molecule has 0 amide bonds. The molecule has 4 aliphatic heterocycles. The summed E-state index contributed by atoms with van der Waals surface area (Å²) in [6.45, 7) is 3.72. The van der Waals surface area contributed by atoms with Gasteiger partial charge in [-0.3, -0.25) is 14.5 Å². The summed E-state index contributed by atoms with van der Waals surface area (Å²) in [5.74, 6) is -0.542. The zero-order valence-electron chi connectivity index (χ0n) is 16.5. The molecule has 0 radical (unpaired) electrons. The minimum atomic E-state index is -1.16. The maximum Gasteiger partial charge on any atom is 0.321 e. The quantitative estimate of drug-likeness (QED) is 0.480. The summed E-state index contributed by atoms with van der Waals surface area (Å²) in [7, 11) is 3.02. The summed E-state index contributed by atoms with van der Waals surface area (Å²) in [6.07, 6.45) is 2.96. The van der Waals surface area contributed by atoms with Gasteiger partial charge >= 0.3 is 5.97 Å². The smallest absolute Gasteiger partial charge is 0.321 e. The lowest BCUT2D eigenvalue weighted by Gasteiger charge is -2.54. The third-order valence-electron chi connectivity index (χ3n) is 7.62. The van der Waals surface area contributed by atoms with Crippen molar-refractivity contribution in [2.45, 2.75) is 37.5 Å². The van der Waals surface area contributed by atoms with E-state index >= 15 is 0 Å². The zero-order valence-corrected chi connectivity index (χ0v) is 16.5. The fraction of sp³-hybridized carbons (Fsp3) is 0.545. The molecular weight excluding hydrogens is 356 g/mol. The van der Waals surface area contributed by atoms with Gasteiger partial charge in [0.15, 0.2) is 5.78 Å². The maximum atomic E-state index is 14.4. The molecule has 6 nitrogen and oxygen atoms in total. The topological polar surface area (TPSA) is 67.9 Å². The number of para-hydroxylation sites is 1. The van der Waals surface area contributed by atoms with Gasteiger partial charge in [-0.05, 0) is 37.9 Å². The van der Waals surface area contributed by atoms with Crippen LogP contribution in [0.3, 0.4) is 0 Å². The molecule has 28 heavy (non-hydrogen) atoms. The highest BCUT2D eigenvalue weighted by atomic mass is 16.5. The molecule has 3 saturated heterocycles. The van der Waals surface area contributed by atoms with Crippen molar-refractivity contribution in [2.24, 2.45) is 11.3 Å². The van der Waals surface area contributed by atoms with E-state index in [-0.39, 0.29) is 17.7 Å². The van der Waals surface area contributed by atoms with E-state index < -0.39 is 23.0 Å². The molecule has 1 aliphatic carbocycles. The molecule has 5 aliphatic rings. The lowest BCUT2D eigenvalue weighted by molar-refractivity contribution is -0.171. The average Bonchev–Trinajstić information content (AvgIpc) is 3.22. The number of esters is 1. The van der Waals surface area contributed by atoms with Crippen LogP contribution in [0, 0.1) is 11.3 Å². The van der Waals surface area contributed by atoms with E-state index in [4.69, 9.17) is 9.47 Å². The molecule has 1 aromatic rings. The lowest BCUT2D eigenvalue weighted by atomic mass is 9.59. The first-order valence-electron chi connectivity index (χ1n) is 9.97. The summed E-state index contributed by atoms with van der Waals surface area (Å²) >= 11 is 0. The second-order valence-corrected chi connectivity index (χ2v) is 8.36. The number of rotatable bonds is 2. The van der Waals surface area contributed by atoms with E-state index in [2.05, 4.69) is 16.3 Å². The Morgan fingerprint density at radius 1 is 1.32 bits per heavy atom. The Morgan fingerprint density at radius 3 is 2.82 bits per heavy atom. The van der Waals surface area contributed by atoms with Gasteiger partial charge in [0.2, 0.25) is 0 Å². The Morgan fingerprint density at radius 2 is 2.11 bits per heavy atom. The number of hydrogen-bond acceptors (Lipinski definition) is 6. The Balaban J connectivity index is 1.76. The number of benzene rings is 1. The Bertz CT molecular complexity index is 896. The Hall–Kier alpha value is -2.18. The normalized spacial score (nSPS) is 41.8. The highest BCUT2D eigenvalue weighted by Crippen LogP contribution is 2.64. The van der Waals surface area contributed by atoms with Crippen LogP contribution < -0.4 is 5.32 Å². The van der Waals surface area contributed by atoms with E-state index in [1.54, 1.807) is 7.11 Å². The van der Waals surface area contributed by atoms with Crippen LogP contribution in [0.15, 0.2) is 35.9 Å². The van der Waals surface area contributed by atoms with E-state index in [0.29, 0.717) is 6.42 Å².